The number of phenols is 3. The molecule has 1 rings (SSSR count). The molecule has 15 heavy (non-hydrogen) atoms. The highest BCUT2D eigenvalue weighted by Crippen LogP contribution is 2.35. The van der Waals surface area contributed by atoms with E-state index in [1.165, 1.54) is 6.92 Å². The van der Waals surface area contributed by atoms with Crippen LogP contribution in [0, 0.1) is 0 Å². The summed E-state index contributed by atoms with van der Waals surface area (Å²) in [4.78, 5) is 10.5. The Hall–Kier alpha value is -2.11. The van der Waals surface area contributed by atoms with E-state index in [1.807, 2.05) is 0 Å². The van der Waals surface area contributed by atoms with Gasteiger partial charge < -0.3 is 25.7 Å². The van der Waals surface area contributed by atoms with Gasteiger partial charge in [0.05, 0.1) is 5.69 Å². The first-order chi connectivity index (χ1) is 6.91. The third kappa shape index (κ3) is 2.43. The summed E-state index contributed by atoms with van der Waals surface area (Å²) >= 11 is 0. The fourth-order valence-corrected chi connectivity index (χ4v) is 0.976. The topological polar surface area (TPSA) is 110 Å². The number of carboxylic acids is 1. The Morgan fingerprint density at radius 2 is 1.73 bits per heavy atom. The fraction of sp³-hybridized carbons (Fsp3) is 0.222. The predicted molar refractivity (Wildman–Crippen MR) is 52.2 cm³/mol. The second-order valence-corrected chi connectivity index (χ2v) is 3.06. The summed E-state index contributed by atoms with van der Waals surface area (Å²) in [6, 6.07) is 1.05. The Morgan fingerprint density at radius 3 is 2.27 bits per heavy atom. The molecule has 0 radical (unpaired) electrons. The van der Waals surface area contributed by atoms with Crippen molar-refractivity contribution < 1.29 is 25.2 Å². The van der Waals surface area contributed by atoms with Crippen molar-refractivity contribution >= 4 is 11.7 Å². The second-order valence-electron chi connectivity index (χ2n) is 3.06. The summed E-state index contributed by atoms with van der Waals surface area (Å²) in [5.74, 6) is -2.34. The molecule has 1 atom stereocenters. The lowest BCUT2D eigenvalue weighted by Gasteiger charge is -2.12. The molecule has 6 heteroatoms. The molecule has 0 aliphatic heterocycles. The third-order valence-corrected chi connectivity index (χ3v) is 1.84. The molecule has 6 nitrogen and oxygen atoms in total. The van der Waals surface area contributed by atoms with Crippen LogP contribution in [0.5, 0.6) is 17.2 Å². The maximum Gasteiger partial charge on any atom is 0.325 e. The van der Waals surface area contributed by atoms with E-state index in [9.17, 15) is 9.90 Å². The Morgan fingerprint density at radius 1 is 1.20 bits per heavy atom. The number of carboxylic acid groups (broad SMARTS) is 1. The number of rotatable bonds is 3. The number of carbonyl (C=O) groups is 1. The molecule has 82 valence electrons. The highest BCUT2D eigenvalue weighted by Gasteiger charge is 2.14. The van der Waals surface area contributed by atoms with E-state index in [-0.39, 0.29) is 11.4 Å². The van der Waals surface area contributed by atoms with E-state index in [0.717, 1.165) is 12.1 Å². The number of aliphatic carboxylic acids is 1. The average Bonchev–Trinajstić information content (AvgIpc) is 2.13. The number of hydrogen-bond acceptors (Lipinski definition) is 5. The van der Waals surface area contributed by atoms with Crippen LogP contribution in [-0.4, -0.2) is 32.4 Å². The van der Waals surface area contributed by atoms with Crippen molar-refractivity contribution in [3.8, 4) is 17.2 Å². The zero-order chi connectivity index (χ0) is 11.6. The molecule has 0 saturated heterocycles. The highest BCUT2D eigenvalue weighted by atomic mass is 16.4. The van der Waals surface area contributed by atoms with Crippen LogP contribution < -0.4 is 5.32 Å². The lowest BCUT2D eigenvalue weighted by Crippen LogP contribution is -2.25. The molecular formula is C9H11NO5. The number of aromatic hydroxyl groups is 3. The molecule has 0 spiro atoms. The van der Waals surface area contributed by atoms with Crippen molar-refractivity contribution in [1.82, 2.24) is 0 Å². The summed E-state index contributed by atoms with van der Waals surface area (Å²) in [7, 11) is 0. The third-order valence-electron chi connectivity index (χ3n) is 1.84. The van der Waals surface area contributed by atoms with Crippen molar-refractivity contribution in [3.05, 3.63) is 12.1 Å². The molecule has 1 aromatic carbocycles. The van der Waals surface area contributed by atoms with Crippen molar-refractivity contribution in [2.75, 3.05) is 5.32 Å². The second kappa shape index (κ2) is 3.95. The smallest absolute Gasteiger partial charge is 0.325 e. The van der Waals surface area contributed by atoms with Gasteiger partial charge in [0.15, 0.2) is 11.5 Å². The maximum absolute atomic E-state index is 10.5. The average molecular weight is 213 g/mol. The SMILES string of the molecule is CC(Nc1cc(O)c(O)cc1O)C(=O)O. The molecule has 0 aromatic heterocycles. The molecule has 0 heterocycles. The van der Waals surface area contributed by atoms with Gasteiger partial charge in [0, 0.05) is 12.1 Å². The number of anilines is 1. The minimum atomic E-state index is -1.10. The van der Waals surface area contributed by atoms with E-state index in [4.69, 9.17) is 15.3 Å². The van der Waals surface area contributed by atoms with Crippen LogP contribution in [0.3, 0.4) is 0 Å². The summed E-state index contributed by atoms with van der Waals surface area (Å²) in [5.41, 5.74) is 0.0419. The highest BCUT2D eigenvalue weighted by molar-refractivity contribution is 5.78. The van der Waals surface area contributed by atoms with Crippen LogP contribution in [0.25, 0.3) is 0 Å². The van der Waals surface area contributed by atoms with Crippen molar-refractivity contribution in [2.24, 2.45) is 0 Å². The summed E-state index contributed by atoms with van der Waals surface area (Å²) in [5, 5.41) is 38.5. The molecular weight excluding hydrogens is 202 g/mol. The molecule has 1 unspecified atom stereocenters. The van der Waals surface area contributed by atoms with Crippen LogP contribution in [0.15, 0.2) is 12.1 Å². The molecule has 0 aliphatic rings. The number of phenolic OH excluding ortho intramolecular Hbond substituents is 3. The number of nitrogens with one attached hydrogen (secondary N) is 1. The van der Waals surface area contributed by atoms with Crippen LogP contribution >= 0.6 is 0 Å². The number of hydrogen-bond donors (Lipinski definition) is 5. The number of benzene rings is 1. The largest absolute Gasteiger partial charge is 0.506 e. The van der Waals surface area contributed by atoms with Gasteiger partial charge in [0.2, 0.25) is 0 Å². The van der Waals surface area contributed by atoms with Crippen LogP contribution in [0.2, 0.25) is 0 Å². The van der Waals surface area contributed by atoms with E-state index in [0.29, 0.717) is 0 Å². The monoisotopic (exact) mass is 213 g/mol. The lowest BCUT2D eigenvalue weighted by atomic mass is 10.2. The molecule has 0 bridgehead atoms. The quantitative estimate of drug-likeness (QED) is 0.373. The van der Waals surface area contributed by atoms with Gasteiger partial charge in [0.25, 0.3) is 0 Å². The van der Waals surface area contributed by atoms with Gasteiger partial charge in [0.1, 0.15) is 11.8 Å². The van der Waals surface area contributed by atoms with Gasteiger partial charge in [-0.15, -0.1) is 0 Å². The van der Waals surface area contributed by atoms with Gasteiger partial charge in [-0.2, -0.15) is 0 Å². The maximum atomic E-state index is 10.5. The standard InChI is InChI=1S/C9H11NO5/c1-4(9(14)15)10-5-2-7(12)8(13)3-6(5)11/h2-4,10-13H,1H3,(H,14,15). The van der Waals surface area contributed by atoms with Crippen molar-refractivity contribution in [1.29, 1.82) is 0 Å². The summed E-state index contributed by atoms with van der Waals surface area (Å²) < 4.78 is 0. The van der Waals surface area contributed by atoms with Gasteiger partial charge in [-0.25, -0.2) is 0 Å². The lowest BCUT2D eigenvalue weighted by molar-refractivity contribution is -0.137. The molecule has 0 fully saturated rings. The van der Waals surface area contributed by atoms with E-state index in [1.54, 1.807) is 0 Å². The van der Waals surface area contributed by atoms with Gasteiger partial charge >= 0.3 is 5.97 Å². The minimum absolute atomic E-state index is 0.0419. The van der Waals surface area contributed by atoms with E-state index in [2.05, 4.69) is 5.32 Å². The first kappa shape index (κ1) is 11.0. The van der Waals surface area contributed by atoms with Crippen LogP contribution in [0.1, 0.15) is 6.92 Å². The molecule has 0 aliphatic carbocycles. The summed E-state index contributed by atoms with van der Waals surface area (Å²) in [6.45, 7) is 1.38. The zero-order valence-electron chi connectivity index (χ0n) is 7.93. The fourth-order valence-electron chi connectivity index (χ4n) is 0.976. The Labute approximate surface area is 85.4 Å². The molecule has 1 aromatic rings. The van der Waals surface area contributed by atoms with Crippen LogP contribution in [0.4, 0.5) is 5.69 Å². The first-order valence-corrected chi connectivity index (χ1v) is 4.16. The van der Waals surface area contributed by atoms with Gasteiger partial charge in [-0.05, 0) is 6.92 Å². The van der Waals surface area contributed by atoms with Crippen LogP contribution in [-0.2, 0) is 4.79 Å². The van der Waals surface area contributed by atoms with Crippen molar-refractivity contribution in [3.63, 3.8) is 0 Å². The Balaban J connectivity index is 2.95. The first-order valence-electron chi connectivity index (χ1n) is 4.16. The van der Waals surface area contributed by atoms with E-state index < -0.39 is 23.5 Å². The minimum Gasteiger partial charge on any atom is -0.506 e. The normalized spacial score (nSPS) is 12.1. The zero-order valence-corrected chi connectivity index (χ0v) is 7.93. The van der Waals surface area contributed by atoms with Gasteiger partial charge in [-0.1, -0.05) is 0 Å². The summed E-state index contributed by atoms with van der Waals surface area (Å²) in [6.07, 6.45) is 0. The Bertz CT molecular complexity index is 390. The van der Waals surface area contributed by atoms with E-state index >= 15 is 0 Å². The molecule has 5 N–H and O–H groups in total. The predicted octanol–water partition coefficient (Wildman–Crippen LogP) is 0.688. The molecule has 0 amide bonds. The Kier molecular flexibility index (Phi) is 2.89. The molecule has 0 saturated carbocycles. The van der Waals surface area contributed by atoms with Gasteiger partial charge in [-0.3, -0.25) is 4.79 Å². The van der Waals surface area contributed by atoms with Crippen molar-refractivity contribution in [2.45, 2.75) is 13.0 Å².